The van der Waals surface area contributed by atoms with E-state index in [4.69, 9.17) is 0 Å². The Bertz CT molecular complexity index is 140. The van der Waals surface area contributed by atoms with Crippen molar-refractivity contribution in [2.75, 3.05) is 0 Å². The van der Waals surface area contributed by atoms with Gasteiger partial charge in [0.05, 0.1) is 0 Å². The first-order chi connectivity index (χ1) is 5.68. The molecule has 69 valence electrons. The molecule has 0 aliphatic heterocycles. The van der Waals surface area contributed by atoms with Crippen molar-refractivity contribution in [2.45, 2.75) is 40.5 Å². The van der Waals surface area contributed by atoms with Crippen LogP contribution >= 0.6 is 0 Å². The van der Waals surface area contributed by atoms with E-state index >= 15 is 0 Å². The van der Waals surface area contributed by atoms with E-state index in [1.807, 2.05) is 0 Å². The van der Waals surface area contributed by atoms with Gasteiger partial charge in [-0.3, -0.25) is 0 Å². The molecule has 0 amide bonds. The second-order valence-electron chi connectivity index (χ2n) is 3.47. The fourth-order valence-corrected chi connectivity index (χ4v) is 0.765. The van der Waals surface area contributed by atoms with Crippen LogP contribution in [0, 0.1) is 11.8 Å². The van der Waals surface area contributed by atoms with Crippen molar-refractivity contribution in [3.8, 4) is 0 Å². The minimum atomic E-state index is 0.608. The number of hydrogen-bond donors (Lipinski definition) is 0. The Balaban J connectivity index is 3.60. The first-order valence-corrected chi connectivity index (χ1v) is 4.81. The monoisotopic (exact) mass is 165 g/mol. The van der Waals surface area contributed by atoms with Crippen LogP contribution in [0.3, 0.4) is 0 Å². The van der Waals surface area contributed by atoms with Crippen molar-refractivity contribution in [1.29, 1.82) is 0 Å². The second-order valence-corrected chi connectivity index (χ2v) is 3.47. The molecule has 0 aliphatic rings. The summed E-state index contributed by atoms with van der Waals surface area (Å²) in [6.45, 7) is 8.76. The van der Waals surface area contributed by atoms with E-state index in [0.717, 1.165) is 0 Å². The zero-order valence-electron chi connectivity index (χ0n) is 8.80. The fraction of sp³-hybridized carbons (Fsp3) is 0.583. The molecule has 0 saturated carbocycles. The predicted molar refractivity (Wildman–Crippen MR) is 56.9 cm³/mol. The molecule has 0 fully saturated rings. The summed E-state index contributed by atoms with van der Waals surface area (Å²) in [6, 6.07) is 0. The van der Waals surface area contributed by atoms with Crippen LogP contribution in [0.15, 0.2) is 24.3 Å². The summed E-state index contributed by atoms with van der Waals surface area (Å²) in [5.74, 6) is 2.08. The topological polar surface area (TPSA) is 0 Å². The van der Waals surface area contributed by atoms with E-state index in [-0.39, 0.29) is 0 Å². The highest BCUT2D eigenvalue weighted by molar-refractivity contribution is 5.07. The summed E-state index contributed by atoms with van der Waals surface area (Å²) < 4.78 is 0. The van der Waals surface area contributed by atoms with E-state index in [0.29, 0.717) is 5.92 Å². The van der Waals surface area contributed by atoms with Gasteiger partial charge in [0.1, 0.15) is 0 Å². The van der Waals surface area contributed by atoms with Crippen LogP contribution in [-0.2, 0) is 0 Å². The molecule has 12 heavy (non-hydrogen) atoms. The third-order valence-electron chi connectivity index (χ3n) is 2.01. The van der Waals surface area contributed by atoms with E-state index in [1.165, 1.54) is 18.8 Å². The van der Waals surface area contributed by atoms with Crippen LogP contribution in [0.1, 0.15) is 40.5 Å². The van der Waals surface area contributed by atoms with Gasteiger partial charge in [-0.25, -0.2) is 0 Å². The molecular formula is C12H21. The molecule has 1 atom stereocenters. The largest absolute Gasteiger partial charge is 0.0846 e. The number of allylic oxidation sites excluding steroid dienone is 4. The molecule has 0 bridgehead atoms. The van der Waals surface area contributed by atoms with Gasteiger partial charge in [-0.2, -0.15) is 0 Å². The first kappa shape index (κ1) is 11.5. The van der Waals surface area contributed by atoms with Crippen molar-refractivity contribution in [1.82, 2.24) is 0 Å². The van der Waals surface area contributed by atoms with E-state index < -0.39 is 0 Å². The Morgan fingerprint density at radius 1 is 1.25 bits per heavy atom. The molecule has 0 nitrogen and oxygen atoms in total. The maximum atomic E-state index is 2.24. The Morgan fingerprint density at radius 2 is 1.92 bits per heavy atom. The standard InChI is InChI=1S/C12H21/c1-5-6-7-8-9-10-12(4)11(2)3/h7-10,12H,5-6H2,1-4H3/b8-7+,10-9+. The molecule has 0 aromatic carbocycles. The Morgan fingerprint density at radius 3 is 2.42 bits per heavy atom. The molecule has 0 aromatic heterocycles. The van der Waals surface area contributed by atoms with Gasteiger partial charge < -0.3 is 0 Å². The van der Waals surface area contributed by atoms with E-state index in [2.05, 4.69) is 52.0 Å². The summed E-state index contributed by atoms with van der Waals surface area (Å²) in [7, 11) is 0. The molecule has 0 heteroatoms. The normalized spacial score (nSPS) is 15.1. The zero-order chi connectivity index (χ0) is 9.40. The SMILES string of the molecule is CCC/C=C/C=C/C(C)[C](C)C. The van der Waals surface area contributed by atoms with Crippen LogP contribution < -0.4 is 0 Å². The molecule has 1 radical (unpaired) electrons. The summed E-state index contributed by atoms with van der Waals surface area (Å²) in [5, 5.41) is 0. The second kappa shape index (κ2) is 7.15. The third-order valence-corrected chi connectivity index (χ3v) is 2.01. The lowest BCUT2D eigenvalue weighted by atomic mass is 9.98. The first-order valence-electron chi connectivity index (χ1n) is 4.81. The lowest BCUT2D eigenvalue weighted by molar-refractivity contribution is 0.743. The molecular weight excluding hydrogens is 144 g/mol. The lowest BCUT2D eigenvalue weighted by Crippen LogP contribution is -1.96. The zero-order valence-corrected chi connectivity index (χ0v) is 8.80. The average molecular weight is 165 g/mol. The lowest BCUT2D eigenvalue weighted by Gasteiger charge is -2.07. The summed E-state index contributed by atoms with van der Waals surface area (Å²) in [5.41, 5.74) is 0. The molecule has 0 heterocycles. The summed E-state index contributed by atoms with van der Waals surface area (Å²) >= 11 is 0. The molecule has 1 unspecified atom stereocenters. The highest BCUT2D eigenvalue weighted by Gasteiger charge is 2.00. The maximum absolute atomic E-state index is 2.24. The van der Waals surface area contributed by atoms with Crippen molar-refractivity contribution in [2.24, 2.45) is 5.92 Å². The third kappa shape index (κ3) is 6.21. The van der Waals surface area contributed by atoms with Gasteiger partial charge in [0, 0.05) is 0 Å². The van der Waals surface area contributed by atoms with Crippen molar-refractivity contribution >= 4 is 0 Å². The van der Waals surface area contributed by atoms with Gasteiger partial charge in [0.15, 0.2) is 0 Å². The highest BCUT2D eigenvalue weighted by atomic mass is 14.1. The van der Waals surface area contributed by atoms with Crippen LogP contribution in [-0.4, -0.2) is 0 Å². The van der Waals surface area contributed by atoms with Gasteiger partial charge in [-0.1, -0.05) is 58.4 Å². The van der Waals surface area contributed by atoms with Gasteiger partial charge in [0.25, 0.3) is 0 Å². The molecule has 0 rings (SSSR count). The van der Waals surface area contributed by atoms with Crippen LogP contribution in [0.5, 0.6) is 0 Å². The van der Waals surface area contributed by atoms with Crippen LogP contribution in [0.4, 0.5) is 0 Å². The van der Waals surface area contributed by atoms with Crippen molar-refractivity contribution in [3.63, 3.8) is 0 Å². The van der Waals surface area contributed by atoms with Gasteiger partial charge in [-0.05, 0) is 18.3 Å². The van der Waals surface area contributed by atoms with Gasteiger partial charge >= 0.3 is 0 Å². The van der Waals surface area contributed by atoms with E-state index in [1.54, 1.807) is 0 Å². The minimum Gasteiger partial charge on any atom is -0.0846 e. The predicted octanol–water partition coefficient (Wildman–Crippen LogP) is 4.15. The molecule has 0 N–H and O–H groups in total. The number of hydrogen-bond acceptors (Lipinski definition) is 0. The number of rotatable bonds is 5. The Labute approximate surface area is 77.4 Å². The quantitative estimate of drug-likeness (QED) is 0.537. The molecule has 0 spiro atoms. The number of unbranched alkanes of at least 4 members (excludes halogenated alkanes) is 1. The van der Waals surface area contributed by atoms with Gasteiger partial charge in [0.2, 0.25) is 0 Å². The van der Waals surface area contributed by atoms with Crippen LogP contribution in [0.2, 0.25) is 0 Å². The van der Waals surface area contributed by atoms with Gasteiger partial charge in [-0.15, -0.1) is 0 Å². The summed E-state index contributed by atoms with van der Waals surface area (Å²) in [4.78, 5) is 0. The molecule has 0 aromatic rings. The Kier molecular flexibility index (Phi) is 6.84. The minimum absolute atomic E-state index is 0.608. The van der Waals surface area contributed by atoms with Crippen molar-refractivity contribution < 1.29 is 0 Å². The van der Waals surface area contributed by atoms with Crippen molar-refractivity contribution in [3.05, 3.63) is 30.2 Å². The smallest absolute Gasteiger partial charge is 0.0202 e. The molecule has 0 aliphatic carbocycles. The van der Waals surface area contributed by atoms with E-state index in [9.17, 15) is 0 Å². The fourth-order valence-electron chi connectivity index (χ4n) is 0.765. The molecule has 0 saturated heterocycles. The highest BCUT2D eigenvalue weighted by Crippen LogP contribution is 2.12. The summed E-state index contributed by atoms with van der Waals surface area (Å²) in [6.07, 6.45) is 11.2. The maximum Gasteiger partial charge on any atom is -0.0202 e. The average Bonchev–Trinajstić information content (AvgIpc) is 2.03. The van der Waals surface area contributed by atoms with Crippen LogP contribution in [0.25, 0.3) is 0 Å². The Hall–Kier alpha value is -0.520.